The summed E-state index contributed by atoms with van der Waals surface area (Å²) in [4.78, 5) is 28.7. The van der Waals surface area contributed by atoms with E-state index >= 15 is 0 Å². The summed E-state index contributed by atoms with van der Waals surface area (Å²) < 4.78 is 24.2. The second-order valence-electron chi connectivity index (χ2n) is 10.3. The third kappa shape index (κ3) is 5.94. The molecule has 3 N–H and O–H groups in total. The van der Waals surface area contributed by atoms with Gasteiger partial charge in [-0.2, -0.15) is 0 Å². The number of rotatable bonds is 9. The Labute approximate surface area is 206 Å². The molecule has 0 aliphatic carbocycles. The van der Waals surface area contributed by atoms with Gasteiger partial charge in [0.2, 0.25) is 0 Å². The van der Waals surface area contributed by atoms with E-state index in [2.05, 4.69) is 15.5 Å². The summed E-state index contributed by atoms with van der Waals surface area (Å²) in [7, 11) is -3.13. The standard InChI is InChI=1S/C25H36N4O5S/c1-16(2)29-23-7-5-4-6-17(23)10-22(25(29)32)24(31)27-18-11-19-8-9-20(12-18)28(19)14-21(30)13-26-15-35(3,33)34/h4-7,10,16,18-21,26,30H,8-9,11-15H2,1-3H3,(H,27,31)/t18-,19-,20+,21-/m1/s1. The van der Waals surface area contributed by atoms with Gasteiger partial charge in [0, 0.05) is 43.5 Å². The Morgan fingerprint density at radius 2 is 1.83 bits per heavy atom. The molecule has 0 unspecified atom stereocenters. The number of nitrogens with zero attached hydrogens (tertiary/aromatic N) is 2. The van der Waals surface area contributed by atoms with Gasteiger partial charge in [-0.05, 0) is 57.0 Å². The van der Waals surface area contributed by atoms with Crippen LogP contribution in [0.15, 0.2) is 35.1 Å². The van der Waals surface area contributed by atoms with Gasteiger partial charge in [0.05, 0.1) is 17.5 Å². The van der Waals surface area contributed by atoms with Gasteiger partial charge in [0.15, 0.2) is 9.84 Å². The number of nitrogens with one attached hydrogen (secondary N) is 2. The first-order valence-corrected chi connectivity index (χ1v) is 14.4. The van der Waals surface area contributed by atoms with Gasteiger partial charge < -0.3 is 20.3 Å². The molecule has 10 heteroatoms. The second-order valence-corrected chi connectivity index (χ2v) is 12.4. The fraction of sp³-hybridized carbons (Fsp3) is 0.600. The van der Waals surface area contributed by atoms with Gasteiger partial charge in [0.25, 0.3) is 11.5 Å². The minimum Gasteiger partial charge on any atom is -0.390 e. The Bertz CT molecular complexity index is 1230. The van der Waals surface area contributed by atoms with E-state index in [1.54, 1.807) is 10.6 Å². The molecule has 4 rings (SSSR count). The average Bonchev–Trinajstić information content (AvgIpc) is 2.99. The minimum absolute atomic E-state index is 0.0323. The van der Waals surface area contributed by atoms with Crippen molar-refractivity contribution in [3.63, 3.8) is 0 Å². The van der Waals surface area contributed by atoms with E-state index in [-0.39, 0.29) is 53.6 Å². The fourth-order valence-corrected chi connectivity index (χ4v) is 6.12. The maximum absolute atomic E-state index is 13.2. The molecule has 2 aliphatic heterocycles. The van der Waals surface area contributed by atoms with Crippen LogP contribution in [0.2, 0.25) is 0 Å². The van der Waals surface area contributed by atoms with Gasteiger partial charge in [-0.25, -0.2) is 8.42 Å². The van der Waals surface area contributed by atoms with Crippen LogP contribution in [0.25, 0.3) is 10.9 Å². The molecule has 2 saturated heterocycles. The highest BCUT2D eigenvalue weighted by atomic mass is 32.2. The zero-order valence-corrected chi connectivity index (χ0v) is 21.4. The smallest absolute Gasteiger partial charge is 0.264 e. The number of piperidine rings is 1. The van der Waals surface area contributed by atoms with E-state index in [0.717, 1.165) is 42.8 Å². The van der Waals surface area contributed by atoms with Crippen molar-refractivity contribution < 1.29 is 18.3 Å². The van der Waals surface area contributed by atoms with E-state index in [0.29, 0.717) is 6.54 Å². The fourth-order valence-electron chi connectivity index (χ4n) is 5.63. The van der Waals surface area contributed by atoms with Crippen LogP contribution in [0.1, 0.15) is 55.9 Å². The molecule has 9 nitrogen and oxygen atoms in total. The molecule has 1 aromatic heterocycles. The number of amides is 1. The summed E-state index contributed by atoms with van der Waals surface area (Å²) in [5.74, 6) is -0.490. The predicted octanol–water partition coefficient (Wildman–Crippen LogP) is 1.26. The third-order valence-corrected chi connectivity index (χ3v) is 7.82. The molecular formula is C25H36N4O5S. The summed E-state index contributed by atoms with van der Waals surface area (Å²) in [6.07, 6.45) is 4.00. The molecule has 0 radical (unpaired) electrons. The number of hydrogen-bond acceptors (Lipinski definition) is 7. The predicted molar refractivity (Wildman–Crippen MR) is 136 cm³/mol. The Balaban J connectivity index is 1.41. The number of aliphatic hydroxyl groups excluding tert-OH is 1. The van der Waals surface area contributed by atoms with Crippen molar-refractivity contribution in [2.45, 2.75) is 69.8 Å². The zero-order chi connectivity index (χ0) is 25.3. The largest absolute Gasteiger partial charge is 0.390 e. The van der Waals surface area contributed by atoms with Gasteiger partial charge in [-0.1, -0.05) is 18.2 Å². The van der Waals surface area contributed by atoms with Crippen LogP contribution in [0.5, 0.6) is 0 Å². The van der Waals surface area contributed by atoms with Crippen molar-refractivity contribution >= 4 is 26.6 Å². The number of carbonyl (C=O) groups excluding carboxylic acids is 1. The number of carbonyl (C=O) groups is 1. The van der Waals surface area contributed by atoms with E-state index in [4.69, 9.17) is 0 Å². The molecule has 0 spiro atoms. The maximum atomic E-state index is 13.2. The number of aliphatic hydroxyl groups is 1. The minimum atomic E-state index is -3.13. The molecular weight excluding hydrogens is 468 g/mol. The second kappa shape index (κ2) is 10.4. The molecule has 1 amide bonds. The lowest BCUT2D eigenvalue weighted by molar-refractivity contribution is 0.0509. The molecule has 0 saturated carbocycles. The zero-order valence-electron chi connectivity index (χ0n) is 20.6. The van der Waals surface area contributed by atoms with Crippen LogP contribution in [0.3, 0.4) is 0 Å². The van der Waals surface area contributed by atoms with E-state index in [1.165, 1.54) is 0 Å². The quantitative estimate of drug-likeness (QED) is 0.470. The first-order chi connectivity index (χ1) is 16.5. The summed E-state index contributed by atoms with van der Waals surface area (Å²) in [5.41, 5.74) is 0.709. The number of hydrogen-bond donors (Lipinski definition) is 3. The van der Waals surface area contributed by atoms with Crippen molar-refractivity contribution in [2.75, 3.05) is 25.2 Å². The molecule has 4 atom stereocenters. The summed E-state index contributed by atoms with van der Waals surface area (Å²) in [6.45, 7) is 4.56. The number of para-hydroxylation sites is 1. The van der Waals surface area contributed by atoms with Crippen LogP contribution in [0, 0.1) is 0 Å². The van der Waals surface area contributed by atoms with Gasteiger partial charge in [-0.3, -0.25) is 14.5 Å². The van der Waals surface area contributed by atoms with Crippen LogP contribution in [-0.2, 0) is 9.84 Å². The average molecular weight is 505 g/mol. The van der Waals surface area contributed by atoms with Crippen LogP contribution in [0.4, 0.5) is 0 Å². The number of sulfone groups is 1. The molecule has 2 aromatic rings. The van der Waals surface area contributed by atoms with Crippen molar-refractivity contribution in [2.24, 2.45) is 0 Å². The van der Waals surface area contributed by atoms with Crippen molar-refractivity contribution in [1.29, 1.82) is 0 Å². The Kier molecular flexibility index (Phi) is 7.65. The van der Waals surface area contributed by atoms with Crippen molar-refractivity contribution in [1.82, 2.24) is 20.1 Å². The number of pyridine rings is 1. The lowest BCUT2D eigenvalue weighted by atomic mass is 9.96. The van der Waals surface area contributed by atoms with Crippen molar-refractivity contribution in [3.05, 3.63) is 46.2 Å². The normalized spacial score (nSPS) is 23.6. The van der Waals surface area contributed by atoms with E-state index in [9.17, 15) is 23.1 Å². The van der Waals surface area contributed by atoms with Gasteiger partial charge >= 0.3 is 0 Å². The monoisotopic (exact) mass is 504 g/mol. The Morgan fingerprint density at radius 3 is 2.46 bits per heavy atom. The third-order valence-electron chi connectivity index (χ3n) is 7.09. The van der Waals surface area contributed by atoms with Gasteiger partial charge in [-0.15, -0.1) is 0 Å². The van der Waals surface area contributed by atoms with Crippen molar-refractivity contribution in [3.8, 4) is 0 Å². The molecule has 3 heterocycles. The van der Waals surface area contributed by atoms with Crippen LogP contribution < -0.4 is 16.2 Å². The number of benzene rings is 1. The number of fused-ring (bicyclic) bond motifs is 3. The SMILES string of the molecule is CC(C)n1c(=O)c(C(=O)N[C@@H]2C[C@H]3CC[C@@H](C2)N3C[C@H](O)CNCS(C)(=O)=O)cc2ccccc21. The first-order valence-electron chi connectivity index (χ1n) is 12.3. The lowest BCUT2D eigenvalue weighted by Gasteiger charge is -2.40. The Hall–Kier alpha value is -2.27. The maximum Gasteiger partial charge on any atom is 0.264 e. The molecule has 192 valence electrons. The highest BCUT2D eigenvalue weighted by Gasteiger charge is 2.41. The van der Waals surface area contributed by atoms with Crippen LogP contribution in [-0.4, -0.2) is 78.4 Å². The van der Waals surface area contributed by atoms with E-state index in [1.807, 2.05) is 38.1 Å². The summed E-state index contributed by atoms with van der Waals surface area (Å²) >= 11 is 0. The lowest BCUT2D eigenvalue weighted by Crippen LogP contribution is -2.53. The number of aromatic nitrogens is 1. The molecule has 35 heavy (non-hydrogen) atoms. The highest BCUT2D eigenvalue weighted by molar-refractivity contribution is 7.90. The van der Waals surface area contributed by atoms with Crippen LogP contribution >= 0.6 is 0 Å². The van der Waals surface area contributed by atoms with Gasteiger partial charge in [0.1, 0.15) is 5.56 Å². The van der Waals surface area contributed by atoms with E-state index < -0.39 is 15.9 Å². The first kappa shape index (κ1) is 25.8. The molecule has 2 fully saturated rings. The molecule has 1 aromatic carbocycles. The topological polar surface area (TPSA) is 121 Å². The molecule has 2 aliphatic rings. The summed E-state index contributed by atoms with van der Waals surface area (Å²) in [6, 6.07) is 9.68. The molecule has 2 bridgehead atoms. The highest BCUT2D eigenvalue weighted by Crippen LogP contribution is 2.35. The summed E-state index contributed by atoms with van der Waals surface area (Å²) in [5, 5.41) is 17.2. The Morgan fingerprint density at radius 1 is 1.17 bits per heavy atom.